The molecule has 1 aromatic carbocycles. The molecular formula is C18H14ClN5OS. The number of pyridine rings is 1. The molecule has 26 heavy (non-hydrogen) atoms. The number of nitrogens with one attached hydrogen (secondary N) is 1. The number of thiazole rings is 1. The summed E-state index contributed by atoms with van der Waals surface area (Å²) in [6.45, 7) is 0.111. The van der Waals surface area contributed by atoms with Crippen LogP contribution in [0.3, 0.4) is 0 Å². The van der Waals surface area contributed by atoms with E-state index in [4.69, 9.17) is 16.9 Å². The summed E-state index contributed by atoms with van der Waals surface area (Å²) in [5.41, 5.74) is 2.02. The molecule has 1 amide bonds. The van der Waals surface area contributed by atoms with Crippen LogP contribution >= 0.6 is 22.9 Å². The molecule has 0 saturated heterocycles. The van der Waals surface area contributed by atoms with Crippen molar-refractivity contribution in [2.75, 3.05) is 23.8 Å². The summed E-state index contributed by atoms with van der Waals surface area (Å²) in [6, 6.07) is 12.8. The maximum Gasteiger partial charge on any atom is 0.245 e. The van der Waals surface area contributed by atoms with Crippen molar-refractivity contribution in [3.63, 3.8) is 0 Å². The average molecular weight is 384 g/mol. The van der Waals surface area contributed by atoms with Crippen molar-refractivity contribution < 1.29 is 4.79 Å². The summed E-state index contributed by atoms with van der Waals surface area (Å²) >= 11 is 7.51. The van der Waals surface area contributed by atoms with Crippen LogP contribution in [-0.4, -0.2) is 29.5 Å². The molecule has 130 valence electrons. The first-order valence-corrected chi connectivity index (χ1v) is 8.90. The zero-order chi connectivity index (χ0) is 18.5. The van der Waals surface area contributed by atoms with E-state index in [0.717, 1.165) is 11.3 Å². The van der Waals surface area contributed by atoms with Crippen molar-refractivity contribution in [2.24, 2.45) is 0 Å². The molecule has 0 fully saturated rings. The first kappa shape index (κ1) is 17.9. The first-order chi connectivity index (χ1) is 12.6. The van der Waals surface area contributed by atoms with Crippen LogP contribution in [0.1, 0.15) is 5.56 Å². The standard InChI is InChI=1S/C18H14ClN5OS/c1-24(16-7-6-12(8-20)9-21-16)10-17(25)23-18-22-15(11-26-18)13-4-2-3-5-14(13)19/h2-7,9,11H,10H2,1H3,(H,22,23,25). The van der Waals surface area contributed by atoms with E-state index >= 15 is 0 Å². The Morgan fingerprint density at radius 2 is 2.15 bits per heavy atom. The van der Waals surface area contributed by atoms with E-state index in [1.54, 1.807) is 30.1 Å². The van der Waals surface area contributed by atoms with Crippen LogP contribution in [0.25, 0.3) is 11.3 Å². The summed E-state index contributed by atoms with van der Waals surface area (Å²) in [5.74, 6) is 0.397. The molecule has 0 radical (unpaired) electrons. The third kappa shape index (κ3) is 4.17. The number of rotatable bonds is 5. The second-order valence-corrected chi connectivity index (χ2v) is 6.70. The van der Waals surface area contributed by atoms with E-state index in [2.05, 4.69) is 15.3 Å². The number of amides is 1. The van der Waals surface area contributed by atoms with Gasteiger partial charge >= 0.3 is 0 Å². The predicted octanol–water partition coefficient (Wildman–Crippen LogP) is 3.81. The topological polar surface area (TPSA) is 81.9 Å². The normalized spacial score (nSPS) is 10.2. The summed E-state index contributed by atoms with van der Waals surface area (Å²) in [5, 5.41) is 14.5. The van der Waals surface area contributed by atoms with Gasteiger partial charge in [0.25, 0.3) is 0 Å². The molecule has 2 aromatic heterocycles. The second-order valence-electron chi connectivity index (χ2n) is 5.44. The van der Waals surface area contributed by atoms with Crippen molar-refractivity contribution in [3.05, 3.63) is 58.6 Å². The number of nitrogens with zero attached hydrogens (tertiary/aromatic N) is 4. The number of halogens is 1. The minimum atomic E-state index is -0.210. The molecule has 0 aliphatic carbocycles. The van der Waals surface area contributed by atoms with Crippen LogP contribution in [0.5, 0.6) is 0 Å². The highest BCUT2D eigenvalue weighted by molar-refractivity contribution is 7.14. The van der Waals surface area contributed by atoms with Gasteiger partial charge in [0.2, 0.25) is 5.91 Å². The molecule has 3 aromatic rings. The number of carbonyl (C=O) groups excluding carboxylic acids is 1. The number of anilines is 2. The SMILES string of the molecule is CN(CC(=O)Nc1nc(-c2ccccc2Cl)cs1)c1ccc(C#N)cn1. The van der Waals surface area contributed by atoms with Gasteiger partial charge in [0, 0.05) is 29.2 Å². The fourth-order valence-electron chi connectivity index (χ4n) is 2.26. The lowest BCUT2D eigenvalue weighted by atomic mass is 10.2. The van der Waals surface area contributed by atoms with E-state index in [1.165, 1.54) is 17.5 Å². The third-order valence-corrected chi connectivity index (χ3v) is 4.64. The monoisotopic (exact) mass is 383 g/mol. The Kier molecular flexibility index (Phi) is 5.46. The van der Waals surface area contributed by atoms with Gasteiger partial charge in [-0.05, 0) is 18.2 Å². The predicted molar refractivity (Wildman–Crippen MR) is 103 cm³/mol. The lowest BCUT2D eigenvalue weighted by molar-refractivity contribution is -0.114. The maximum absolute atomic E-state index is 12.2. The van der Waals surface area contributed by atoms with E-state index in [9.17, 15) is 4.79 Å². The van der Waals surface area contributed by atoms with Crippen LogP contribution in [0.15, 0.2) is 48.0 Å². The van der Waals surface area contributed by atoms with Gasteiger partial charge in [0.1, 0.15) is 11.9 Å². The molecule has 3 rings (SSSR count). The van der Waals surface area contributed by atoms with Crippen LogP contribution in [0.4, 0.5) is 10.9 Å². The van der Waals surface area contributed by atoms with Gasteiger partial charge in [-0.25, -0.2) is 9.97 Å². The average Bonchev–Trinajstić information content (AvgIpc) is 3.10. The van der Waals surface area contributed by atoms with Crippen molar-refractivity contribution in [1.82, 2.24) is 9.97 Å². The summed E-state index contributed by atoms with van der Waals surface area (Å²) in [4.78, 5) is 22.5. The minimum Gasteiger partial charge on any atom is -0.350 e. The maximum atomic E-state index is 12.2. The number of hydrogen-bond donors (Lipinski definition) is 1. The minimum absolute atomic E-state index is 0.111. The highest BCUT2D eigenvalue weighted by Crippen LogP contribution is 2.30. The molecule has 0 atom stereocenters. The molecule has 0 spiro atoms. The van der Waals surface area contributed by atoms with Crippen LogP contribution in [-0.2, 0) is 4.79 Å². The quantitative estimate of drug-likeness (QED) is 0.724. The Labute approximate surface area is 159 Å². The highest BCUT2D eigenvalue weighted by atomic mass is 35.5. The molecule has 0 bridgehead atoms. The van der Waals surface area contributed by atoms with Gasteiger partial charge < -0.3 is 10.2 Å². The molecule has 0 saturated carbocycles. The Morgan fingerprint density at radius 3 is 2.85 bits per heavy atom. The van der Waals surface area contributed by atoms with Crippen LogP contribution < -0.4 is 10.2 Å². The van der Waals surface area contributed by atoms with Crippen LogP contribution in [0.2, 0.25) is 5.02 Å². The van der Waals surface area contributed by atoms with E-state index in [-0.39, 0.29) is 12.5 Å². The molecule has 0 aliphatic rings. The van der Waals surface area contributed by atoms with Gasteiger partial charge in [0.15, 0.2) is 5.13 Å². The summed E-state index contributed by atoms with van der Waals surface area (Å²) in [7, 11) is 1.75. The van der Waals surface area contributed by atoms with Gasteiger partial charge in [-0.15, -0.1) is 11.3 Å². The highest BCUT2D eigenvalue weighted by Gasteiger charge is 2.12. The Balaban J connectivity index is 1.63. The molecule has 1 N–H and O–H groups in total. The van der Waals surface area contributed by atoms with Crippen molar-refractivity contribution in [3.8, 4) is 17.3 Å². The number of benzene rings is 1. The number of aromatic nitrogens is 2. The fourth-order valence-corrected chi connectivity index (χ4v) is 3.22. The van der Waals surface area contributed by atoms with Gasteiger partial charge in [-0.2, -0.15) is 5.26 Å². The zero-order valence-electron chi connectivity index (χ0n) is 13.8. The lowest BCUT2D eigenvalue weighted by Gasteiger charge is -2.16. The Morgan fingerprint density at radius 1 is 1.35 bits per heavy atom. The van der Waals surface area contributed by atoms with Gasteiger partial charge in [-0.1, -0.05) is 29.8 Å². The number of hydrogen-bond acceptors (Lipinski definition) is 6. The van der Waals surface area contributed by atoms with E-state index in [0.29, 0.717) is 21.5 Å². The van der Waals surface area contributed by atoms with E-state index in [1.807, 2.05) is 29.6 Å². The Hall–Kier alpha value is -2.95. The largest absolute Gasteiger partial charge is 0.350 e. The smallest absolute Gasteiger partial charge is 0.245 e. The molecule has 8 heteroatoms. The molecule has 0 unspecified atom stereocenters. The second kappa shape index (κ2) is 7.95. The summed E-state index contributed by atoms with van der Waals surface area (Å²) in [6.07, 6.45) is 1.47. The van der Waals surface area contributed by atoms with Crippen LogP contribution in [0, 0.1) is 11.3 Å². The van der Waals surface area contributed by atoms with Crippen molar-refractivity contribution in [2.45, 2.75) is 0 Å². The molecule has 2 heterocycles. The van der Waals surface area contributed by atoms with Crippen molar-refractivity contribution in [1.29, 1.82) is 5.26 Å². The van der Waals surface area contributed by atoms with E-state index < -0.39 is 0 Å². The Bertz CT molecular complexity index is 964. The molecule has 6 nitrogen and oxygen atoms in total. The fraction of sp³-hybridized carbons (Fsp3) is 0.111. The number of nitriles is 1. The lowest BCUT2D eigenvalue weighted by Crippen LogP contribution is -2.30. The number of carbonyl (C=O) groups is 1. The first-order valence-electron chi connectivity index (χ1n) is 7.64. The zero-order valence-corrected chi connectivity index (χ0v) is 15.4. The molecular weight excluding hydrogens is 370 g/mol. The number of likely N-dealkylation sites (N-methyl/N-ethyl adjacent to an activating group) is 1. The van der Waals surface area contributed by atoms with Gasteiger partial charge in [0.05, 0.1) is 17.8 Å². The molecule has 0 aliphatic heterocycles. The van der Waals surface area contributed by atoms with Gasteiger partial charge in [-0.3, -0.25) is 4.79 Å². The third-order valence-electron chi connectivity index (χ3n) is 3.55. The summed E-state index contributed by atoms with van der Waals surface area (Å²) < 4.78 is 0. The van der Waals surface area contributed by atoms with Crippen molar-refractivity contribution >= 4 is 39.8 Å².